The Morgan fingerprint density at radius 2 is 1.72 bits per heavy atom. The van der Waals surface area contributed by atoms with Gasteiger partial charge in [-0.15, -0.1) is 0 Å². The molecule has 2 aromatic carbocycles. The van der Waals surface area contributed by atoms with Gasteiger partial charge in [0.2, 0.25) is 0 Å². The molecule has 0 spiro atoms. The maximum Gasteiger partial charge on any atom is 0.270 e. The molecule has 1 fully saturated rings. The van der Waals surface area contributed by atoms with Crippen LogP contribution in [-0.2, 0) is 9.59 Å². The fourth-order valence-electron chi connectivity index (χ4n) is 2.81. The van der Waals surface area contributed by atoms with Crippen LogP contribution in [-0.4, -0.2) is 38.3 Å². The van der Waals surface area contributed by atoms with Crippen molar-refractivity contribution in [3.63, 3.8) is 0 Å². The largest absolute Gasteiger partial charge is 0.497 e. The number of rotatable bonds is 5. The summed E-state index contributed by atoms with van der Waals surface area (Å²) in [6.07, 6.45) is 1.47. The summed E-state index contributed by atoms with van der Waals surface area (Å²) in [4.78, 5) is 26.8. The van der Waals surface area contributed by atoms with Crippen molar-refractivity contribution >= 4 is 56.8 Å². The fourth-order valence-corrected chi connectivity index (χ4v) is 3.71. The van der Waals surface area contributed by atoms with Crippen molar-refractivity contribution in [2.45, 2.75) is 0 Å². The second kappa shape index (κ2) is 8.62. The Morgan fingerprint density at radius 3 is 2.31 bits per heavy atom. The molecule has 0 aliphatic carbocycles. The van der Waals surface area contributed by atoms with E-state index in [0.717, 1.165) is 0 Å². The van der Waals surface area contributed by atoms with Gasteiger partial charge in [-0.2, -0.15) is 0 Å². The first-order valence-corrected chi connectivity index (χ1v) is 9.56. The number of nitrogens with one attached hydrogen (secondary N) is 1. The summed E-state index contributed by atoms with van der Waals surface area (Å²) < 4.78 is 16.4. The first-order valence-electron chi connectivity index (χ1n) is 8.36. The van der Waals surface area contributed by atoms with Crippen molar-refractivity contribution < 1.29 is 23.8 Å². The predicted octanol–water partition coefficient (Wildman–Crippen LogP) is 3.31. The van der Waals surface area contributed by atoms with Gasteiger partial charge in [0.05, 0.1) is 31.5 Å². The summed E-state index contributed by atoms with van der Waals surface area (Å²) in [6.45, 7) is 0. The van der Waals surface area contributed by atoms with Crippen LogP contribution >= 0.6 is 28.1 Å². The molecule has 1 N–H and O–H groups in total. The van der Waals surface area contributed by atoms with E-state index in [-0.39, 0.29) is 10.7 Å². The Morgan fingerprint density at radius 1 is 1.03 bits per heavy atom. The van der Waals surface area contributed by atoms with Gasteiger partial charge in [-0.1, -0.05) is 0 Å². The molecule has 150 valence electrons. The van der Waals surface area contributed by atoms with E-state index in [0.29, 0.717) is 33.0 Å². The molecule has 7 nitrogen and oxygen atoms in total. The molecule has 0 saturated carbocycles. The summed E-state index contributed by atoms with van der Waals surface area (Å²) in [5, 5.41) is 2.56. The molecule has 1 saturated heterocycles. The number of hydrogen-bond donors (Lipinski definition) is 1. The minimum atomic E-state index is -0.573. The quantitative estimate of drug-likeness (QED) is 0.405. The van der Waals surface area contributed by atoms with Crippen LogP contribution in [0.1, 0.15) is 5.56 Å². The third-order valence-electron chi connectivity index (χ3n) is 4.20. The number of ether oxygens (including phenoxy) is 3. The van der Waals surface area contributed by atoms with Crippen molar-refractivity contribution in [1.82, 2.24) is 5.32 Å². The standard InChI is InChI=1S/C20H17BrN2O5S/c1-26-13-6-4-12(5-7-13)23-19(25)14(18(24)22-20(23)29)8-11-9-15(21)17(28-3)16(10-11)27-2/h4-10H,1-3H3,(H,22,24,29)/b14-8+. The van der Waals surface area contributed by atoms with Gasteiger partial charge in [-0.3, -0.25) is 19.8 Å². The van der Waals surface area contributed by atoms with Gasteiger partial charge in [-0.05, 0) is 76.2 Å². The van der Waals surface area contributed by atoms with E-state index in [2.05, 4.69) is 21.2 Å². The molecular weight excluding hydrogens is 460 g/mol. The normalized spacial score (nSPS) is 15.4. The number of benzene rings is 2. The molecule has 9 heteroatoms. The van der Waals surface area contributed by atoms with Crippen LogP contribution in [0.4, 0.5) is 5.69 Å². The molecule has 1 aliphatic rings. The molecule has 1 aliphatic heterocycles. The minimum absolute atomic E-state index is 0.0100. The van der Waals surface area contributed by atoms with E-state index in [1.807, 2.05) is 0 Å². The first kappa shape index (κ1) is 20.8. The Bertz CT molecular complexity index is 1020. The van der Waals surface area contributed by atoms with Gasteiger partial charge in [0.15, 0.2) is 16.6 Å². The number of hydrogen-bond acceptors (Lipinski definition) is 6. The Kier molecular flexibility index (Phi) is 6.19. The van der Waals surface area contributed by atoms with Gasteiger partial charge in [0.25, 0.3) is 11.8 Å². The van der Waals surface area contributed by atoms with Crippen molar-refractivity contribution in [3.8, 4) is 17.2 Å². The zero-order chi connectivity index (χ0) is 21.1. The lowest BCUT2D eigenvalue weighted by Gasteiger charge is -2.29. The van der Waals surface area contributed by atoms with Crippen LogP contribution < -0.4 is 24.4 Å². The summed E-state index contributed by atoms with van der Waals surface area (Å²) in [7, 11) is 4.57. The number of anilines is 1. The van der Waals surface area contributed by atoms with E-state index < -0.39 is 11.8 Å². The molecular formula is C20H17BrN2O5S. The van der Waals surface area contributed by atoms with E-state index in [4.69, 9.17) is 26.4 Å². The number of methoxy groups -OCH3 is 3. The SMILES string of the molecule is COc1ccc(N2C(=O)/C(=C/c3cc(Br)c(OC)c(OC)c3)C(=O)NC2=S)cc1. The highest BCUT2D eigenvalue weighted by molar-refractivity contribution is 9.10. The lowest BCUT2D eigenvalue weighted by atomic mass is 10.1. The summed E-state index contributed by atoms with van der Waals surface area (Å²) in [5.74, 6) is 0.500. The number of carbonyl (C=O) groups is 2. The Labute approximate surface area is 181 Å². The molecule has 3 rings (SSSR count). The maximum absolute atomic E-state index is 13.1. The monoisotopic (exact) mass is 476 g/mol. The van der Waals surface area contributed by atoms with Crippen molar-refractivity contribution in [1.29, 1.82) is 0 Å². The third kappa shape index (κ3) is 4.10. The summed E-state index contributed by atoms with van der Waals surface area (Å²) >= 11 is 8.61. The Hall–Kier alpha value is -2.91. The van der Waals surface area contributed by atoms with E-state index in [1.165, 1.54) is 25.2 Å². The lowest BCUT2D eigenvalue weighted by Crippen LogP contribution is -2.54. The summed E-state index contributed by atoms with van der Waals surface area (Å²) in [6, 6.07) is 10.2. The summed E-state index contributed by atoms with van der Waals surface area (Å²) in [5.41, 5.74) is 1.03. The van der Waals surface area contributed by atoms with Gasteiger partial charge in [0, 0.05) is 0 Å². The number of nitrogens with zero attached hydrogens (tertiary/aromatic N) is 1. The molecule has 2 aromatic rings. The molecule has 0 atom stereocenters. The van der Waals surface area contributed by atoms with Gasteiger partial charge in [0.1, 0.15) is 11.3 Å². The number of carbonyl (C=O) groups excluding carboxylic acids is 2. The average Bonchev–Trinajstić information content (AvgIpc) is 2.71. The van der Waals surface area contributed by atoms with Crippen LogP contribution in [0.3, 0.4) is 0 Å². The number of halogens is 1. The maximum atomic E-state index is 13.1. The molecule has 0 bridgehead atoms. The second-order valence-electron chi connectivity index (χ2n) is 5.89. The van der Waals surface area contributed by atoms with Crippen molar-refractivity contribution in [3.05, 3.63) is 52.0 Å². The lowest BCUT2D eigenvalue weighted by molar-refractivity contribution is -0.122. The van der Waals surface area contributed by atoms with Crippen molar-refractivity contribution in [2.24, 2.45) is 0 Å². The smallest absolute Gasteiger partial charge is 0.270 e. The van der Waals surface area contributed by atoms with Crippen LogP contribution in [0.2, 0.25) is 0 Å². The highest BCUT2D eigenvalue weighted by atomic mass is 79.9. The van der Waals surface area contributed by atoms with Gasteiger partial charge in [-0.25, -0.2) is 0 Å². The highest BCUT2D eigenvalue weighted by Gasteiger charge is 2.34. The van der Waals surface area contributed by atoms with Gasteiger partial charge >= 0.3 is 0 Å². The topological polar surface area (TPSA) is 77.1 Å². The minimum Gasteiger partial charge on any atom is -0.497 e. The number of amides is 2. The van der Waals surface area contributed by atoms with E-state index in [1.54, 1.807) is 43.5 Å². The molecule has 0 unspecified atom stereocenters. The zero-order valence-electron chi connectivity index (χ0n) is 15.8. The van der Waals surface area contributed by atoms with E-state index >= 15 is 0 Å². The molecule has 1 heterocycles. The van der Waals surface area contributed by atoms with E-state index in [9.17, 15) is 9.59 Å². The van der Waals surface area contributed by atoms with Crippen LogP contribution in [0, 0.1) is 0 Å². The zero-order valence-corrected chi connectivity index (χ0v) is 18.2. The highest BCUT2D eigenvalue weighted by Crippen LogP contribution is 2.37. The molecule has 0 radical (unpaired) electrons. The van der Waals surface area contributed by atoms with Crippen molar-refractivity contribution in [2.75, 3.05) is 26.2 Å². The number of thiocarbonyl (C=S) groups is 1. The van der Waals surface area contributed by atoms with Crippen LogP contribution in [0.15, 0.2) is 46.4 Å². The molecule has 2 amide bonds. The first-order chi connectivity index (χ1) is 13.9. The van der Waals surface area contributed by atoms with Gasteiger partial charge < -0.3 is 14.2 Å². The molecule has 0 aromatic heterocycles. The fraction of sp³-hybridized carbons (Fsp3) is 0.150. The average molecular weight is 477 g/mol. The predicted molar refractivity (Wildman–Crippen MR) is 116 cm³/mol. The van der Waals surface area contributed by atoms with Crippen LogP contribution in [0.25, 0.3) is 6.08 Å². The van der Waals surface area contributed by atoms with Crippen LogP contribution in [0.5, 0.6) is 17.2 Å². The Balaban J connectivity index is 2.02. The third-order valence-corrected chi connectivity index (χ3v) is 5.07. The molecule has 29 heavy (non-hydrogen) atoms. The second-order valence-corrected chi connectivity index (χ2v) is 7.14.